The number of amides is 1. The molecule has 0 bridgehead atoms. The molecule has 0 aliphatic heterocycles. The highest BCUT2D eigenvalue weighted by Gasteiger charge is 2.13. The van der Waals surface area contributed by atoms with Gasteiger partial charge < -0.3 is 14.4 Å². The summed E-state index contributed by atoms with van der Waals surface area (Å²) in [5, 5.41) is 0. The van der Waals surface area contributed by atoms with Gasteiger partial charge in [-0.05, 0) is 31.0 Å². The molecule has 0 fully saturated rings. The van der Waals surface area contributed by atoms with E-state index in [1.807, 2.05) is 32.0 Å². The van der Waals surface area contributed by atoms with Crippen LogP contribution in [0.15, 0.2) is 18.2 Å². The lowest BCUT2D eigenvalue weighted by Crippen LogP contribution is -2.31. The monoisotopic (exact) mass is 251 g/mol. The zero-order chi connectivity index (χ0) is 13.5. The van der Waals surface area contributed by atoms with Crippen molar-refractivity contribution in [1.82, 2.24) is 0 Å². The Bertz CT molecular complexity index is 404. The van der Waals surface area contributed by atoms with Crippen molar-refractivity contribution >= 4 is 11.6 Å². The van der Waals surface area contributed by atoms with Gasteiger partial charge in [-0.2, -0.15) is 0 Å². The van der Waals surface area contributed by atoms with Gasteiger partial charge in [0.15, 0.2) is 0 Å². The van der Waals surface area contributed by atoms with Gasteiger partial charge in [0.2, 0.25) is 0 Å². The highest BCUT2D eigenvalue weighted by atomic mass is 16.5. The van der Waals surface area contributed by atoms with Crippen molar-refractivity contribution in [3.63, 3.8) is 0 Å². The molecule has 18 heavy (non-hydrogen) atoms. The number of aryl methyl sites for hydroxylation is 2. The molecule has 0 saturated carbocycles. The van der Waals surface area contributed by atoms with Gasteiger partial charge in [0, 0.05) is 19.8 Å². The molecular formula is C14H21NO3. The van der Waals surface area contributed by atoms with Crippen molar-refractivity contribution < 1.29 is 14.3 Å². The molecule has 0 saturated heterocycles. The lowest BCUT2D eigenvalue weighted by Gasteiger charge is -2.20. The third kappa shape index (κ3) is 4.13. The summed E-state index contributed by atoms with van der Waals surface area (Å²) in [5.74, 6) is -0.0557. The van der Waals surface area contributed by atoms with Crippen LogP contribution in [-0.4, -0.2) is 39.9 Å². The van der Waals surface area contributed by atoms with Crippen LogP contribution in [0, 0.1) is 13.8 Å². The van der Waals surface area contributed by atoms with Crippen molar-refractivity contribution in [2.75, 3.05) is 38.9 Å². The van der Waals surface area contributed by atoms with E-state index < -0.39 is 0 Å². The molecule has 0 spiro atoms. The quantitative estimate of drug-likeness (QED) is 0.725. The number of hydrogen-bond donors (Lipinski definition) is 0. The fourth-order valence-corrected chi connectivity index (χ4v) is 1.61. The number of ether oxygens (including phenoxy) is 2. The summed E-state index contributed by atoms with van der Waals surface area (Å²) in [6, 6.07) is 6.05. The van der Waals surface area contributed by atoms with Crippen molar-refractivity contribution in [2.45, 2.75) is 13.8 Å². The topological polar surface area (TPSA) is 38.8 Å². The molecule has 4 nitrogen and oxygen atoms in total. The maximum atomic E-state index is 11.9. The summed E-state index contributed by atoms with van der Waals surface area (Å²) in [6.45, 7) is 5.01. The SMILES string of the molecule is COCCOCC(=O)N(C)c1cc(C)ccc1C. The average Bonchev–Trinajstić information content (AvgIpc) is 2.36. The largest absolute Gasteiger partial charge is 0.382 e. The lowest BCUT2D eigenvalue weighted by atomic mass is 10.1. The molecule has 1 amide bonds. The summed E-state index contributed by atoms with van der Waals surface area (Å²) in [7, 11) is 3.37. The van der Waals surface area contributed by atoms with Crippen LogP contribution in [0.4, 0.5) is 5.69 Å². The van der Waals surface area contributed by atoms with Crippen LogP contribution in [-0.2, 0) is 14.3 Å². The number of likely N-dealkylation sites (N-methyl/N-ethyl adjacent to an activating group) is 1. The number of anilines is 1. The number of carbonyl (C=O) groups excluding carboxylic acids is 1. The maximum Gasteiger partial charge on any atom is 0.252 e. The Labute approximate surface area is 108 Å². The maximum absolute atomic E-state index is 11.9. The van der Waals surface area contributed by atoms with Gasteiger partial charge in [-0.15, -0.1) is 0 Å². The molecule has 0 radical (unpaired) electrons. The van der Waals surface area contributed by atoms with Gasteiger partial charge >= 0.3 is 0 Å². The van der Waals surface area contributed by atoms with Crippen molar-refractivity contribution in [2.24, 2.45) is 0 Å². The first-order valence-electron chi connectivity index (χ1n) is 5.96. The van der Waals surface area contributed by atoms with Crippen molar-refractivity contribution in [3.8, 4) is 0 Å². The van der Waals surface area contributed by atoms with E-state index >= 15 is 0 Å². The van der Waals surface area contributed by atoms with Gasteiger partial charge in [-0.1, -0.05) is 12.1 Å². The van der Waals surface area contributed by atoms with E-state index in [2.05, 4.69) is 0 Å². The van der Waals surface area contributed by atoms with Crippen LogP contribution in [0.2, 0.25) is 0 Å². The Balaban J connectivity index is 2.60. The molecule has 100 valence electrons. The molecule has 0 N–H and O–H groups in total. The standard InChI is InChI=1S/C14H21NO3/c1-11-5-6-12(2)13(9-11)15(3)14(16)10-18-8-7-17-4/h5-6,9H,7-8,10H2,1-4H3. The molecule has 1 rings (SSSR count). The van der Waals surface area contributed by atoms with Crippen LogP contribution in [0.3, 0.4) is 0 Å². The van der Waals surface area contributed by atoms with E-state index in [9.17, 15) is 4.79 Å². The number of hydrogen-bond acceptors (Lipinski definition) is 3. The van der Waals surface area contributed by atoms with Crippen LogP contribution in [0.5, 0.6) is 0 Å². The predicted octanol–water partition coefficient (Wildman–Crippen LogP) is 1.93. The van der Waals surface area contributed by atoms with E-state index in [-0.39, 0.29) is 12.5 Å². The molecule has 4 heteroatoms. The number of nitrogens with zero attached hydrogens (tertiary/aromatic N) is 1. The molecule has 0 aliphatic rings. The fourth-order valence-electron chi connectivity index (χ4n) is 1.61. The molecule has 1 aromatic carbocycles. The molecule has 0 aliphatic carbocycles. The predicted molar refractivity (Wildman–Crippen MR) is 72.0 cm³/mol. The highest BCUT2D eigenvalue weighted by Crippen LogP contribution is 2.20. The Kier molecular flexibility index (Phi) is 5.82. The number of benzene rings is 1. The van der Waals surface area contributed by atoms with Gasteiger partial charge in [0.1, 0.15) is 6.61 Å². The second kappa shape index (κ2) is 7.13. The second-order valence-electron chi connectivity index (χ2n) is 4.29. The summed E-state index contributed by atoms with van der Waals surface area (Å²) >= 11 is 0. The van der Waals surface area contributed by atoms with E-state index in [1.165, 1.54) is 0 Å². The van der Waals surface area contributed by atoms with E-state index in [1.54, 1.807) is 19.1 Å². The van der Waals surface area contributed by atoms with E-state index in [4.69, 9.17) is 9.47 Å². The summed E-state index contributed by atoms with van der Waals surface area (Å²) in [5.41, 5.74) is 3.14. The molecule has 0 aromatic heterocycles. The molecule has 0 heterocycles. The van der Waals surface area contributed by atoms with Crippen molar-refractivity contribution in [3.05, 3.63) is 29.3 Å². The summed E-state index contributed by atoms with van der Waals surface area (Å²) < 4.78 is 10.1. The minimum atomic E-state index is -0.0557. The van der Waals surface area contributed by atoms with Gasteiger partial charge in [-0.25, -0.2) is 0 Å². The minimum Gasteiger partial charge on any atom is -0.382 e. The third-order valence-corrected chi connectivity index (χ3v) is 2.76. The molecule has 0 unspecified atom stereocenters. The number of carbonyl (C=O) groups is 1. The number of rotatable bonds is 6. The Morgan fingerprint density at radius 1 is 1.28 bits per heavy atom. The zero-order valence-corrected chi connectivity index (χ0v) is 11.5. The molecular weight excluding hydrogens is 230 g/mol. The van der Waals surface area contributed by atoms with Crippen LogP contribution in [0.1, 0.15) is 11.1 Å². The van der Waals surface area contributed by atoms with Gasteiger partial charge in [-0.3, -0.25) is 4.79 Å². The van der Waals surface area contributed by atoms with Crippen LogP contribution in [0.25, 0.3) is 0 Å². The van der Waals surface area contributed by atoms with E-state index in [0.717, 1.165) is 16.8 Å². The van der Waals surface area contributed by atoms with Gasteiger partial charge in [0.25, 0.3) is 5.91 Å². The lowest BCUT2D eigenvalue weighted by molar-refractivity contribution is -0.123. The van der Waals surface area contributed by atoms with Crippen molar-refractivity contribution in [1.29, 1.82) is 0 Å². The normalized spacial score (nSPS) is 10.4. The minimum absolute atomic E-state index is 0.0557. The van der Waals surface area contributed by atoms with E-state index in [0.29, 0.717) is 13.2 Å². The average molecular weight is 251 g/mol. The first-order chi connectivity index (χ1) is 8.56. The highest BCUT2D eigenvalue weighted by molar-refractivity contribution is 5.94. The smallest absolute Gasteiger partial charge is 0.252 e. The summed E-state index contributed by atoms with van der Waals surface area (Å²) in [6.07, 6.45) is 0. The third-order valence-electron chi connectivity index (χ3n) is 2.76. The molecule has 0 atom stereocenters. The van der Waals surface area contributed by atoms with Crippen LogP contribution >= 0.6 is 0 Å². The van der Waals surface area contributed by atoms with Gasteiger partial charge in [0.05, 0.1) is 13.2 Å². The zero-order valence-electron chi connectivity index (χ0n) is 11.5. The Morgan fingerprint density at radius 2 is 2.00 bits per heavy atom. The first kappa shape index (κ1) is 14.7. The first-order valence-corrected chi connectivity index (χ1v) is 5.96. The number of methoxy groups -OCH3 is 1. The second-order valence-corrected chi connectivity index (χ2v) is 4.29. The van der Waals surface area contributed by atoms with Crippen LogP contribution < -0.4 is 4.90 Å². The Morgan fingerprint density at radius 3 is 2.67 bits per heavy atom. The molecule has 1 aromatic rings. The summed E-state index contributed by atoms with van der Waals surface area (Å²) in [4.78, 5) is 13.6. The Hall–Kier alpha value is -1.39. The fraction of sp³-hybridized carbons (Fsp3) is 0.500.